The van der Waals surface area contributed by atoms with Gasteiger partial charge in [0.15, 0.2) is 0 Å². The Kier molecular flexibility index (Phi) is 6.73. The summed E-state index contributed by atoms with van der Waals surface area (Å²) in [7, 11) is -2.16. The minimum Gasteiger partial charge on any atom is -0.497 e. The quantitative estimate of drug-likeness (QED) is 0.752. The summed E-state index contributed by atoms with van der Waals surface area (Å²) in [5, 5.41) is 3.37. The van der Waals surface area contributed by atoms with Gasteiger partial charge in [0.25, 0.3) is 0 Å². The molecule has 0 saturated heterocycles. The second-order valence-corrected chi connectivity index (χ2v) is 8.43. The van der Waals surface area contributed by atoms with Crippen molar-refractivity contribution < 1.29 is 17.9 Å². The van der Waals surface area contributed by atoms with E-state index in [0.29, 0.717) is 28.6 Å². The number of benzene rings is 2. The van der Waals surface area contributed by atoms with Crippen LogP contribution in [0.2, 0.25) is 5.02 Å². The van der Waals surface area contributed by atoms with Gasteiger partial charge in [0.1, 0.15) is 11.8 Å². The van der Waals surface area contributed by atoms with Crippen LogP contribution in [0, 0.1) is 6.92 Å². The number of hydrogen-bond acceptors (Lipinski definition) is 4. The van der Waals surface area contributed by atoms with Crippen molar-refractivity contribution in [3.63, 3.8) is 0 Å². The molecule has 146 valence electrons. The SMILES string of the molecule is CC[C@H](C(=O)Nc1ccc(Cl)cc1C)N(c1ccc(OC)cc1)S(C)(=O)=O. The Bertz CT molecular complexity index is 914. The van der Waals surface area contributed by atoms with Crippen LogP contribution in [0.4, 0.5) is 11.4 Å². The molecule has 1 N–H and O–H groups in total. The van der Waals surface area contributed by atoms with E-state index < -0.39 is 22.0 Å². The Labute approximate surface area is 165 Å². The number of amides is 1. The fraction of sp³-hybridized carbons (Fsp3) is 0.316. The molecule has 6 nitrogen and oxygen atoms in total. The van der Waals surface area contributed by atoms with Gasteiger partial charge in [0.2, 0.25) is 15.9 Å². The van der Waals surface area contributed by atoms with Crippen molar-refractivity contribution in [3.8, 4) is 5.75 Å². The first-order valence-electron chi connectivity index (χ1n) is 8.37. The summed E-state index contributed by atoms with van der Waals surface area (Å²) in [6, 6.07) is 10.7. The van der Waals surface area contributed by atoms with E-state index in [1.165, 1.54) is 7.11 Å². The van der Waals surface area contributed by atoms with Crippen LogP contribution >= 0.6 is 11.6 Å². The highest BCUT2D eigenvalue weighted by atomic mass is 35.5. The number of carbonyl (C=O) groups is 1. The predicted molar refractivity (Wildman–Crippen MR) is 109 cm³/mol. The van der Waals surface area contributed by atoms with E-state index in [4.69, 9.17) is 16.3 Å². The molecule has 0 saturated carbocycles. The molecule has 0 fully saturated rings. The molecule has 0 bridgehead atoms. The average molecular weight is 411 g/mol. The van der Waals surface area contributed by atoms with E-state index in [0.717, 1.165) is 16.1 Å². The molecule has 0 spiro atoms. The first kappa shape index (κ1) is 21.1. The minimum atomic E-state index is -3.69. The topological polar surface area (TPSA) is 75.7 Å². The Morgan fingerprint density at radius 1 is 1.22 bits per heavy atom. The third kappa shape index (κ3) is 5.14. The van der Waals surface area contributed by atoms with Crippen molar-refractivity contribution in [2.45, 2.75) is 26.3 Å². The zero-order chi connectivity index (χ0) is 20.2. The van der Waals surface area contributed by atoms with Gasteiger partial charge >= 0.3 is 0 Å². The van der Waals surface area contributed by atoms with Crippen LogP contribution in [0.25, 0.3) is 0 Å². The van der Waals surface area contributed by atoms with Crippen LogP contribution in [-0.2, 0) is 14.8 Å². The molecular weight excluding hydrogens is 388 g/mol. The largest absolute Gasteiger partial charge is 0.497 e. The lowest BCUT2D eigenvalue weighted by molar-refractivity contribution is -0.117. The molecule has 2 aromatic rings. The number of ether oxygens (including phenoxy) is 1. The second kappa shape index (κ2) is 8.63. The van der Waals surface area contributed by atoms with Gasteiger partial charge in [0, 0.05) is 10.7 Å². The van der Waals surface area contributed by atoms with Crippen molar-refractivity contribution >= 4 is 38.9 Å². The molecule has 27 heavy (non-hydrogen) atoms. The number of nitrogens with zero attached hydrogens (tertiary/aromatic N) is 1. The predicted octanol–water partition coefficient (Wildman–Crippen LogP) is 3.84. The van der Waals surface area contributed by atoms with Crippen molar-refractivity contribution in [2.75, 3.05) is 23.0 Å². The van der Waals surface area contributed by atoms with Crippen LogP contribution in [-0.4, -0.2) is 33.7 Å². The number of nitrogens with one attached hydrogen (secondary N) is 1. The third-order valence-corrected chi connectivity index (χ3v) is 5.52. The summed E-state index contributed by atoms with van der Waals surface area (Å²) >= 11 is 5.95. The van der Waals surface area contributed by atoms with E-state index in [1.54, 1.807) is 49.4 Å². The Morgan fingerprint density at radius 3 is 2.33 bits per heavy atom. The fourth-order valence-electron chi connectivity index (χ4n) is 2.77. The summed E-state index contributed by atoms with van der Waals surface area (Å²) in [6.07, 6.45) is 1.39. The second-order valence-electron chi connectivity index (χ2n) is 6.13. The van der Waals surface area contributed by atoms with Crippen LogP contribution in [0.15, 0.2) is 42.5 Å². The fourth-order valence-corrected chi connectivity index (χ4v) is 4.21. The van der Waals surface area contributed by atoms with Crippen LogP contribution < -0.4 is 14.4 Å². The lowest BCUT2D eigenvalue weighted by Gasteiger charge is -2.30. The Hall–Kier alpha value is -2.25. The zero-order valence-electron chi connectivity index (χ0n) is 15.7. The number of anilines is 2. The molecule has 0 aromatic heterocycles. The highest BCUT2D eigenvalue weighted by Crippen LogP contribution is 2.26. The molecule has 2 aromatic carbocycles. The van der Waals surface area contributed by atoms with Crippen LogP contribution in [0.5, 0.6) is 5.75 Å². The smallest absolute Gasteiger partial charge is 0.248 e. The van der Waals surface area contributed by atoms with Crippen LogP contribution in [0.1, 0.15) is 18.9 Å². The number of rotatable bonds is 7. The molecule has 0 aliphatic carbocycles. The molecule has 0 radical (unpaired) electrons. The number of methoxy groups -OCH3 is 1. The van der Waals surface area contributed by atoms with Gasteiger partial charge in [0.05, 0.1) is 19.1 Å². The molecule has 0 unspecified atom stereocenters. The normalized spacial score (nSPS) is 12.3. The number of hydrogen-bond donors (Lipinski definition) is 1. The maximum absolute atomic E-state index is 12.9. The molecule has 0 aliphatic rings. The van der Waals surface area contributed by atoms with Gasteiger partial charge in [-0.25, -0.2) is 8.42 Å². The van der Waals surface area contributed by atoms with Gasteiger partial charge in [-0.3, -0.25) is 9.10 Å². The first-order chi connectivity index (χ1) is 12.7. The van der Waals surface area contributed by atoms with Gasteiger partial charge in [-0.1, -0.05) is 18.5 Å². The molecular formula is C19H23ClN2O4S. The highest BCUT2D eigenvalue weighted by molar-refractivity contribution is 7.92. The van der Waals surface area contributed by atoms with Gasteiger partial charge < -0.3 is 10.1 Å². The van der Waals surface area contributed by atoms with Crippen molar-refractivity contribution in [1.29, 1.82) is 0 Å². The molecule has 0 aliphatic heterocycles. The summed E-state index contributed by atoms with van der Waals surface area (Å²) in [4.78, 5) is 12.9. The average Bonchev–Trinajstić information content (AvgIpc) is 2.61. The first-order valence-corrected chi connectivity index (χ1v) is 10.6. The molecule has 8 heteroatoms. The molecule has 2 rings (SSSR count). The van der Waals surface area contributed by atoms with E-state index in [-0.39, 0.29) is 0 Å². The van der Waals surface area contributed by atoms with E-state index in [1.807, 2.05) is 6.92 Å². The molecule has 1 amide bonds. The number of aryl methyl sites for hydroxylation is 1. The maximum Gasteiger partial charge on any atom is 0.248 e. The Morgan fingerprint density at radius 2 is 1.85 bits per heavy atom. The number of carbonyl (C=O) groups excluding carboxylic acids is 1. The number of halogens is 1. The van der Waals surface area contributed by atoms with Crippen molar-refractivity contribution in [3.05, 3.63) is 53.1 Å². The highest BCUT2D eigenvalue weighted by Gasteiger charge is 2.31. The molecule has 0 heterocycles. The summed E-state index contributed by atoms with van der Waals surface area (Å²) in [5.74, 6) is 0.186. The zero-order valence-corrected chi connectivity index (χ0v) is 17.3. The van der Waals surface area contributed by atoms with Gasteiger partial charge in [-0.2, -0.15) is 0 Å². The van der Waals surface area contributed by atoms with E-state index in [2.05, 4.69) is 5.32 Å². The third-order valence-electron chi connectivity index (χ3n) is 4.10. The van der Waals surface area contributed by atoms with Crippen LogP contribution in [0.3, 0.4) is 0 Å². The van der Waals surface area contributed by atoms with E-state index >= 15 is 0 Å². The van der Waals surface area contributed by atoms with Gasteiger partial charge in [-0.05, 0) is 61.4 Å². The summed E-state index contributed by atoms with van der Waals surface area (Å²) < 4.78 is 31.1. The van der Waals surface area contributed by atoms with Crippen molar-refractivity contribution in [1.82, 2.24) is 0 Å². The monoisotopic (exact) mass is 410 g/mol. The summed E-state index contributed by atoms with van der Waals surface area (Å²) in [5.41, 5.74) is 1.78. The summed E-state index contributed by atoms with van der Waals surface area (Å²) in [6.45, 7) is 3.58. The van der Waals surface area contributed by atoms with E-state index in [9.17, 15) is 13.2 Å². The minimum absolute atomic E-state index is 0.303. The van der Waals surface area contributed by atoms with Gasteiger partial charge in [-0.15, -0.1) is 0 Å². The molecule has 1 atom stereocenters. The maximum atomic E-state index is 12.9. The van der Waals surface area contributed by atoms with Crippen molar-refractivity contribution in [2.24, 2.45) is 0 Å². The Balaban J connectivity index is 2.37. The lowest BCUT2D eigenvalue weighted by Crippen LogP contribution is -2.47. The standard InChI is InChI=1S/C19H23ClN2O4S/c1-5-18(19(23)21-17-11-6-14(20)12-13(17)2)22(27(4,24)25)15-7-9-16(26-3)10-8-15/h6-12,18H,5H2,1-4H3,(H,21,23)/t18-/m1/s1. The number of sulfonamides is 1. The lowest BCUT2D eigenvalue weighted by atomic mass is 10.1.